The summed E-state index contributed by atoms with van der Waals surface area (Å²) in [5.74, 6) is -5.48. The highest BCUT2D eigenvalue weighted by Crippen LogP contribution is 2.20. The van der Waals surface area contributed by atoms with E-state index >= 15 is 0 Å². The highest BCUT2D eigenvalue weighted by molar-refractivity contribution is 9.08. The van der Waals surface area contributed by atoms with Gasteiger partial charge in [0.05, 0.1) is 0 Å². The van der Waals surface area contributed by atoms with Gasteiger partial charge in [0.25, 0.3) is 0 Å². The number of aliphatic hydroxyl groups excluding tert-OH is 1. The van der Waals surface area contributed by atoms with E-state index in [0.29, 0.717) is 0 Å². The lowest BCUT2D eigenvalue weighted by Crippen LogP contribution is -1.99. The Hall–Kier alpha value is -0.620. The Morgan fingerprint density at radius 3 is 1.71 bits per heavy atom. The number of alkyl halides is 1. The van der Waals surface area contributed by atoms with Crippen LogP contribution in [0.3, 0.4) is 0 Å². The predicted octanol–water partition coefficient (Wildman–Crippen LogP) is 2.75. The lowest BCUT2D eigenvalue weighted by molar-refractivity contribution is 0.399. The topological polar surface area (TPSA) is 20.2 Å². The van der Waals surface area contributed by atoms with Crippen LogP contribution in [-0.2, 0) is 5.33 Å². The van der Waals surface area contributed by atoms with E-state index in [1.165, 1.54) is 0 Å². The van der Waals surface area contributed by atoms with Crippen molar-refractivity contribution in [1.82, 2.24) is 0 Å². The molecule has 14 heavy (non-hydrogen) atoms. The Balaban J connectivity index is 0.000000791. The van der Waals surface area contributed by atoms with Crippen LogP contribution < -0.4 is 0 Å². The summed E-state index contributed by atoms with van der Waals surface area (Å²) in [4.78, 5) is 0. The molecule has 0 aliphatic carbocycles. The highest BCUT2D eigenvalue weighted by Gasteiger charge is 2.17. The standard InChI is InChI=1S/C7H3BrF4.CH4O/c8-2-3-6(11)4(9)1-5(10)7(3)12;1-2/h1H,2H2;2H,1H3. The van der Waals surface area contributed by atoms with E-state index in [0.717, 1.165) is 7.11 Å². The molecule has 1 rings (SSSR count). The number of halogens is 5. The Labute approximate surface area is 86.5 Å². The van der Waals surface area contributed by atoms with Gasteiger partial charge in [0.1, 0.15) is 0 Å². The molecule has 1 N–H and O–H groups in total. The molecule has 0 saturated heterocycles. The summed E-state index contributed by atoms with van der Waals surface area (Å²) in [6.07, 6.45) is 0. The molecule has 1 aromatic carbocycles. The maximum atomic E-state index is 12.6. The van der Waals surface area contributed by atoms with Crippen LogP contribution in [0.25, 0.3) is 0 Å². The first kappa shape index (κ1) is 13.4. The van der Waals surface area contributed by atoms with E-state index in [2.05, 4.69) is 15.9 Å². The normalized spacial score (nSPS) is 9.36. The molecule has 0 aliphatic rings. The number of hydrogen-bond acceptors (Lipinski definition) is 1. The van der Waals surface area contributed by atoms with Crippen LogP contribution >= 0.6 is 15.9 Å². The van der Waals surface area contributed by atoms with Crippen molar-refractivity contribution in [3.05, 3.63) is 34.9 Å². The van der Waals surface area contributed by atoms with Crippen LogP contribution in [0.1, 0.15) is 5.56 Å². The van der Waals surface area contributed by atoms with Crippen LogP contribution in [0, 0.1) is 23.3 Å². The van der Waals surface area contributed by atoms with Crippen molar-refractivity contribution in [1.29, 1.82) is 0 Å². The summed E-state index contributed by atoms with van der Waals surface area (Å²) in [5.41, 5.74) is -0.632. The van der Waals surface area contributed by atoms with Crippen molar-refractivity contribution in [3.63, 3.8) is 0 Å². The summed E-state index contributed by atoms with van der Waals surface area (Å²) < 4.78 is 50.1. The summed E-state index contributed by atoms with van der Waals surface area (Å²) in [6, 6.07) is 0.177. The van der Waals surface area contributed by atoms with Crippen LogP contribution in [-0.4, -0.2) is 12.2 Å². The largest absolute Gasteiger partial charge is 0.400 e. The quantitative estimate of drug-likeness (QED) is 0.474. The molecule has 80 valence electrons. The van der Waals surface area contributed by atoms with Crippen LogP contribution in [0.5, 0.6) is 0 Å². The molecule has 0 aliphatic heterocycles. The second-order valence-electron chi connectivity index (χ2n) is 2.08. The minimum atomic E-state index is -1.39. The average Bonchev–Trinajstić information content (AvgIpc) is 2.19. The second-order valence-corrected chi connectivity index (χ2v) is 2.64. The molecule has 1 aromatic rings. The number of rotatable bonds is 1. The third-order valence-corrected chi connectivity index (χ3v) is 1.90. The van der Waals surface area contributed by atoms with E-state index in [-0.39, 0.29) is 11.4 Å². The Morgan fingerprint density at radius 1 is 1.07 bits per heavy atom. The fraction of sp³-hybridized carbons (Fsp3) is 0.250. The number of hydrogen-bond donors (Lipinski definition) is 1. The zero-order chi connectivity index (χ0) is 11.3. The SMILES string of the molecule is CO.Fc1cc(F)c(F)c(CBr)c1F. The molecular formula is C8H7BrF4O. The summed E-state index contributed by atoms with van der Waals surface area (Å²) in [5, 5.41) is 6.74. The lowest BCUT2D eigenvalue weighted by atomic mass is 10.2. The van der Waals surface area contributed by atoms with Gasteiger partial charge >= 0.3 is 0 Å². The summed E-state index contributed by atoms with van der Waals surface area (Å²) in [7, 11) is 1.00. The number of aliphatic hydroxyl groups is 1. The first-order valence-corrected chi connectivity index (χ1v) is 4.52. The molecule has 1 nitrogen and oxygen atoms in total. The average molecular weight is 275 g/mol. The summed E-state index contributed by atoms with van der Waals surface area (Å²) in [6.45, 7) is 0. The molecule has 0 radical (unpaired) electrons. The van der Waals surface area contributed by atoms with E-state index < -0.39 is 28.8 Å². The molecular weight excluding hydrogens is 268 g/mol. The van der Waals surface area contributed by atoms with Crippen LogP contribution in [0.2, 0.25) is 0 Å². The van der Waals surface area contributed by atoms with Crippen molar-refractivity contribution in [2.75, 3.05) is 7.11 Å². The van der Waals surface area contributed by atoms with E-state index in [9.17, 15) is 17.6 Å². The van der Waals surface area contributed by atoms with Crippen LogP contribution in [0.4, 0.5) is 17.6 Å². The number of benzene rings is 1. The van der Waals surface area contributed by atoms with E-state index in [1.54, 1.807) is 0 Å². The molecule has 0 saturated carbocycles. The molecule has 0 spiro atoms. The van der Waals surface area contributed by atoms with Gasteiger partial charge in [-0.3, -0.25) is 0 Å². The van der Waals surface area contributed by atoms with Crippen LogP contribution in [0.15, 0.2) is 6.07 Å². The zero-order valence-electron chi connectivity index (χ0n) is 7.12. The van der Waals surface area contributed by atoms with Gasteiger partial charge in [-0.15, -0.1) is 0 Å². The molecule has 0 unspecified atom stereocenters. The minimum absolute atomic E-state index is 0.177. The fourth-order valence-electron chi connectivity index (χ4n) is 0.740. The molecule has 0 heterocycles. The first-order chi connectivity index (χ1) is 6.57. The molecule has 0 fully saturated rings. The smallest absolute Gasteiger partial charge is 0.166 e. The van der Waals surface area contributed by atoms with Gasteiger partial charge in [0.2, 0.25) is 0 Å². The van der Waals surface area contributed by atoms with Gasteiger partial charge < -0.3 is 5.11 Å². The van der Waals surface area contributed by atoms with Gasteiger partial charge in [-0.1, -0.05) is 15.9 Å². The Kier molecular flexibility index (Phi) is 5.71. The Bertz CT molecular complexity index is 290. The maximum Gasteiger partial charge on any atom is 0.166 e. The lowest BCUT2D eigenvalue weighted by Gasteiger charge is -2.02. The van der Waals surface area contributed by atoms with Gasteiger partial charge in [0.15, 0.2) is 23.3 Å². The monoisotopic (exact) mass is 274 g/mol. The van der Waals surface area contributed by atoms with Crippen molar-refractivity contribution in [2.24, 2.45) is 0 Å². The third-order valence-electron chi connectivity index (χ3n) is 1.34. The minimum Gasteiger partial charge on any atom is -0.400 e. The zero-order valence-corrected chi connectivity index (χ0v) is 8.71. The Morgan fingerprint density at radius 2 is 1.43 bits per heavy atom. The second kappa shape index (κ2) is 5.98. The maximum absolute atomic E-state index is 12.6. The third kappa shape index (κ3) is 2.68. The summed E-state index contributed by atoms with van der Waals surface area (Å²) >= 11 is 2.71. The van der Waals surface area contributed by atoms with Crippen molar-refractivity contribution < 1.29 is 22.7 Å². The van der Waals surface area contributed by atoms with Gasteiger partial charge in [-0.05, 0) is 0 Å². The van der Waals surface area contributed by atoms with E-state index in [1.807, 2.05) is 0 Å². The predicted molar refractivity (Wildman–Crippen MR) is 47.0 cm³/mol. The molecule has 0 atom stereocenters. The van der Waals surface area contributed by atoms with E-state index in [4.69, 9.17) is 5.11 Å². The molecule has 6 heteroatoms. The highest BCUT2D eigenvalue weighted by atomic mass is 79.9. The van der Waals surface area contributed by atoms with Gasteiger partial charge in [-0.25, -0.2) is 17.6 Å². The first-order valence-electron chi connectivity index (χ1n) is 3.40. The van der Waals surface area contributed by atoms with Crippen molar-refractivity contribution in [3.8, 4) is 0 Å². The van der Waals surface area contributed by atoms with Crippen molar-refractivity contribution in [2.45, 2.75) is 5.33 Å². The molecule has 0 aromatic heterocycles. The van der Waals surface area contributed by atoms with Gasteiger partial charge in [0, 0.05) is 24.1 Å². The molecule has 0 bridgehead atoms. The van der Waals surface area contributed by atoms with Crippen molar-refractivity contribution >= 4 is 15.9 Å². The fourth-order valence-corrected chi connectivity index (χ4v) is 1.23. The molecule has 0 amide bonds. The van der Waals surface area contributed by atoms with Gasteiger partial charge in [-0.2, -0.15) is 0 Å².